The summed E-state index contributed by atoms with van der Waals surface area (Å²) in [6.07, 6.45) is 3.34. The molecule has 1 aliphatic rings. The lowest BCUT2D eigenvalue weighted by Gasteiger charge is -2.28. The number of ether oxygens (including phenoxy) is 1. The summed E-state index contributed by atoms with van der Waals surface area (Å²) in [6, 6.07) is 3.83. The van der Waals surface area contributed by atoms with Crippen LogP contribution < -0.4 is 10.1 Å². The maximum Gasteiger partial charge on any atom is 0.255 e. The van der Waals surface area contributed by atoms with Gasteiger partial charge in [-0.25, -0.2) is 4.98 Å². The molecule has 1 amide bonds. The summed E-state index contributed by atoms with van der Waals surface area (Å²) in [5.74, 6) is 1.53. The van der Waals surface area contributed by atoms with Crippen molar-refractivity contribution in [2.75, 3.05) is 13.2 Å². The predicted molar refractivity (Wildman–Crippen MR) is 108 cm³/mol. The maximum absolute atomic E-state index is 12.8. The van der Waals surface area contributed by atoms with Gasteiger partial charge in [0.1, 0.15) is 23.7 Å². The molecule has 2 heterocycles. The Kier molecular flexibility index (Phi) is 5.37. The van der Waals surface area contributed by atoms with Gasteiger partial charge in [-0.15, -0.1) is 11.3 Å². The van der Waals surface area contributed by atoms with E-state index in [2.05, 4.69) is 10.3 Å². The van der Waals surface area contributed by atoms with E-state index in [0.717, 1.165) is 40.1 Å². The molecule has 0 saturated heterocycles. The fourth-order valence-corrected chi connectivity index (χ4v) is 4.37. The highest BCUT2D eigenvalue weighted by Crippen LogP contribution is 2.46. The van der Waals surface area contributed by atoms with Crippen LogP contribution in [0, 0.1) is 13.8 Å². The monoisotopic (exact) mass is 400 g/mol. The number of aliphatic hydroxyl groups excluding tert-OH is 1. The molecular weight excluding hydrogens is 376 g/mol. The molecule has 0 spiro atoms. The lowest BCUT2D eigenvalue weighted by atomic mass is 9.77. The lowest BCUT2D eigenvalue weighted by molar-refractivity contribution is 0.0944. The van der Waals surface area contributed by atoms with Crippen molar-refractivity contribution in [1.29, 1.82) is 0 Å². The molecule has 148 valence electrons. The number of furan rings is 1. The summed E-state index contributed by atoms with van der Waals surface area (Å²) in [6.45, 7) is 4.36. The van der Waals surface area contributed by atoms with Crippen LogP contribution in [0.2, 0.25) is 0 Å². The number of nitrogens with zero attached hydrogens (tertiary/aromatic N) is 1. The van der Waals surface area contributed by atoms with E-state index in [1.54, 1.807) is 18.3 Å². The number of aryl methyl sites for hydroxylation is 2. The fourth-order valence-electron chi connectivity index (χ4n) is 3.68. The van der Waals surface area contributed by atoms with Crippen LogP contribution in [-0.2, 0) is 6.61 Å². The van der Waals surface area contributed by atoms with E-state index >= 15 is 0 Å². The Morgan fingerprint density at radius 2 is 2.21 bits per heavy atom. The van der Waals surface area contributed by atoms with Gasteiger partial charge in [0.05, 0.1) is 28.3 Å². The van der Waals surface area contributed by atoms with Crippen molar-refractivity contribution in [1.82, 2.24) is 10.3 Å². The Balaban J connectivity index is 1.77. The normalized spacial score (nSPS) is 14.2. The Morgan fingerprint density at radius 3 is 2.86 bits per heavy atom. The maximum atomic E-state index is 12.8. The van der Waals surface area contributed by atoms with Crippen molar-refractivity contribution in [3.8, 4) is 5.75 Å². The first-order valence-electron chi connectivity index (χ1n) is 9.57. The standard InChI is InChI=1S/C21H24N2O4S/c1-12-17(28-11-23-12)10-26-15-6-7-16-20(19(15)14-4-3-5-14)18(13(2)27-16)21(25)22-8-9-24/h6-7,11,14,24H,3-5,8-10H2,1-2H3,(H,22,25). The van der Waals surface area contributed by atoms with Crippen molar-refractivity contribution in [2.45, 2.75) is 45.6 Å². The van der Waals surface area contributed by atoms with Gasteiger partial charge in [-0.1, -0.05) is 6.42 Å². The molecule has 1 aliphatic carbocycles. The number of carbonyl (C=O) groups excluding carboxylic acids is 1. The Bertz CT molecular complexity index is 1000. The number of amides is 1. The van der Waals surface area contributed by atoms with Gasteiger partial charge in [0.2, 0.25) is 0 Å². The number of benzene rings is 1. The number of aliphatic hydroxyl groups is 1. The molecule has 0 unspecified atom stereocenters. The molecule has 7 heteroatoms. The summed E-state index contributed by atoms with van der Waals surface area (Å²) in [7, 11) is 0. The molecule has 2 N–H and O–H groups in total. The highest BCUT2D eigenvalue weighted by atomic mass is 32.1. The zero-order chi connectivity index (χ0) is 19.7. The third-order valence-electron chi connectivity index (χ3n) is 5.37. The van der Waals surface area contributed by atoms with Crippen molar-refractivity contribution in [3.63, 3.8) is 0 Å². The smallest absolute Gasteiger partial charge is 0.255 e. The molecule has 0 bridgehead atoms. The Hall–Kier alpha value is -2.38. The van der Waals surface area contributed by atoms with Gasteiger partial charge in [-0.3, -0.25) is 4.79 Å². The van der Waals surface area contributed by atoms with Crippen LogP contribution in [0.4, 0.5) is 0 Å². The number of aromatic nitrogens is 1. The number of thiazole rings is 1. The average Bonchev–Trinajstić information content (AvgIpc) is 3.19. The topological polar surface area (TPSA) is 84.6 Å². The summed E-state index contributed by atoms with van der Waals surface area (Å²) >= 11 is 1.59. The first-order valence-corrected chi connectivity index (χ1v) is 10.4. The molecular formula is C21H24N2O4S. The van der Waals surface area contributed by atoms with Crippen LogP contribution >= 0.6 is 11.3 Å². The molecule has 2 aromatic heterocycles. The van der Waals surface area contributed by atoms with Crippen LogP contribution in [0.5, 0.6) is 5.75 Å². The number of rotatable bonds is 7. The molecule has 1 fully saturated rings. The number of nitrogens with one attached hydrogen (secondary N) is 1. The molecule has 4 rings (SSSR count). The fraction of sp³-hybridized carbons (Fsp3) is 0.429. The summed E-state index contributed by atoms with van der Waals surface area (Å²) in [4.78, 5) is 18.1. The minimum Gasteiger partial charge on any atom is -0.488 e. The van der Waals surface area contributed by atoms with Gasteiger partial charge in [-0.05, 0) is 44.7 Å². The molecule has 0 atom stereocenters. The van der Waals surface area contributed by atoms with E-state index < -0.39 is 0 Å². The number of hydrogen-bond acceptors (Lipinski definition) is 6. The Morgan fingerprint density at radius 1 is 1.39 bits per heavy atom. The first-order chi connectivity index (χ1) is 13.6. The second kappa shape index (κ2) is 7.93. The number of carbonyl (C=O) groups is 1. The van der Waals surface area contributed by atoms with Crippen LogP contribution in [0.1, 0.15) is 57.4 Å². The van der Waals surface area contributed by atoms with E-state index in [1.807, 2.05) is 24.6 Å². The summed E-state index contributed by atoms with van der Waals surface area (Å²) in [5, 5.41) is 12.6. The zero-order valence-electron chi connectivity index (χ0n) is 16.1. The molecule has 28 heavy (non-hydrogen) atoms. The van der Waals surface area contributed by atoms with Crippen LogP contribution in [-0.4, -0.2) is 29.1 Å². The molecule has 3 aromatic rings. The van der Waals surface area contributed by atoms with Gasteiger partial charge in [0.15, 0.2) is 0 Å². The van der Waals surface area contributed by atoms with E-state index in [1.165, 1.54) is 6.42 Å². The summed E-state index contributed by atoms with van der Waals surface area (Å²) in [5.41, 5.74) is 5.13. The van der Waals surface area contributed by atoms with Gasteiger partial charge in [0.25, 0.3) is 5.91 Å². The van der Waals surface area contributed by atoms with Crippen molar-refractivity contribution in [2.24, 2.45) is 0 Å². The van der Waals surface area contributed by atoms with E-state index in [4.69, 9.17) is 14.3 Å². The van der Waals surface area contributed by atoms with Crippen molar-refractivity contribution in [3.05, 3.63) is 45.1 Å². The number of fused-ring (bicyclic) bond motifs is 1. The SMILES string of the molecule is Cc1ncsc1COc1ccc2oc(C)c(C(=O)NCCO)c2c1C1CCC1. The molecule has 0 aliphatic heterocycles. The molecule has 0 radical (unpaired) electrons. The minimum absolute atomic E-state index is 0.0986. The molecule has 1 saturated carbocycles. The van der Waals surface area contributed by atoms with Crippen molar-refractivity contribution >= 4 is 28.2 Å². The van der Waals surface area contributed by atoms with Crippen molar-refractivity contribution < 1.29 is 19.1 Å². The minimum atomic E-state index is -0.221. The average molecular weight is 401 g/mol. The van der Waals surface area contributed by atoms with E-state index in [-0.39, 0.29) is 19.1 Å². The zero-order valence-corrected chi connectivity index (χ0v) is 16.9. The van der Waals surface area contributed by atoms with Gasteiger partial charge < -0.3 is 19.6 Å². The second-order valence-corrected chi connectivity index (χ2v) is 8.08. The molecule has 6 nitrogen and oxygen atoms in total. The van der Waals surface area contributed by atoms with Crippen LogP contribution in [0.3, 0.4) is 0 Å². The van der Waals surface area contributed by atoms with Gasteiger partial charge >= 0.3 is 0 Å². The van der Waals surface area contributed by atoms with E-state index in [9.17, 15) is 4.79 Å². The van der Waals surface area contributed by atoms with Gasteiger partial charge in [-0.2, -0.15) is 0 Å². The largest absolute Gasteiger partial charge is 0.488 e. The predicted octanol–water partition coefficient (Wildman–Crippen LogP) is 4.07. The van der Waals surface area contributed by atoms with E-state index in [0.29, 0.717) is 29.4 Å². The van der Waals surface area contributed by atoms with Gasteiger partial charge in [0, 0.05) is 17.5 Å². The summed E-state index contributed by atoms with van der Waals surface area (Å²) < 4.78 is 12.1. The highest BCUT2D eigenvalue weighted by Gasteiger charge is 2.30. The third-order valence-corrected chi connectivity index (χ3v) is 6.28. The third kappa shape index (κ3) is 3.40. The van der Waals surface area contributed by atoms with Crippen LogP contribution in [0.15, 0.2) is 22.1 Å². The Labute approximate surface area is 167 Å². The first kappa shape index (κ1) is 19.0. The van der Waals surface area contributed by atoms with Crippen LogP contribution in [0.25, 0.3) is 11.0 Å². The highest BCUT2D eigenvalue weighted by molar-refractivity contribution is 7.09. The molecule has 1 aromatic carbocycles. The second-order valence-electron chi connectivity index (χ2n) is 7.14. The quantitative estimate of drug-likeness (QED) is 0.624. The number of hydrogen-bond donors (Lipinski definition) is 2. The lowest BCUT2D eigenvalue weighted by Crippen LogP contribution is -2.27.